The minimum Gasteiger partial charge on any atom is -0.479 e. The third-order valence-corrected chi connectivity index (χ3v) is 4.03. The second kappa shape index (κ2) is 8.89. The average molecular weight is 381 g/mol. The number of aromatic amines is 1. The minimum atomic E-state index is -1.65. The lowest BCUT2D eigenvalue weighted by Gasteiger charge is -2.23. The SMILES string of the molecule is O=C(O)C(O)CNN(Cc1ccc(-c2ccccc2)cc1)C(=O)c1ncn[nH]1. The van der Waals surface area contributed by atoms with Crippen LogP contribution in [0.4, 0.5) is 0 Å². The second-order valence-corrected chi connectivity index (χ2v) is 6.00. The van der Waals surface area contributed by atoms with E-state index in [-0.39, 0.29) is 18.9 Å². The number of aliphatic hydroxyl groups is 1. The Labute approximate surface area is 160 Å². The van der Waals surface area contributed by atoms with Crippen LogP contribution in [0.25, 0.3) is 11.1 Å². The van der Waals surface area contributed by atoms with Gasteiger partial charge in [0.15, 0.2) is 6.10 Å². The molecule has 0 bridgehead atoms. The third-order valence-electron chi connectivity index (χ3n) is 4.03. The maximum atomic E-state index is 12.6. The zero-order valence-electron chi connectivity index (χ0n) is 14.8. The van der Waals surface area contributed by atoms with Crippen molar-refractivity contribution in [3.63, 3.8) is 0 Å². The topological polar surface area (TPSA) is 131 Å². The third kappa shape index (κ3) is 4.78. The van der Waals surface area contributed by atoms with Crippen LogP contribution < -0.4 is 5.43 Å². The fraction of sp³-hybridized carbons (Fsp3) is 0.158. The Morgan fingerprint density at radius 2 is 1.75 bits per heavy atom. The largest absolute Gasteiger partial charge is 0.479 e. The Bertz CT molecular complexity index is 913. The van der Waals surface area contributed by atoms with Gasteiger partial charge in [-0.05, 0) is 16.7 Å². The molecule has 144 valence electrons. The standard InChI is InChI=1S/C19H19N5O4/c25-16(19(27)28)10-22-24(18(26)17-20-12-21-23-17)11-13-6-8-15(9-7-13)14-4-2-1-3-5-14/h1-9,12,16,22,25H,10-11H2,(H,27,28)(H,20,21,23). The van der Waals surface area contributed by atoms with Crippen LogP contribution in [0.15, 0.2) is 60.9 Å². The summed E-state index contributed by atoms with van der Waals surface area (Å²) >= 11 is 0. The molecule has 1 aromatic heterocycles. The summed E-state index contributed by atoms with van der Waals surface area (Å²) in [5.74, 6) is -1.91. The van der Waals surface area contributed by atoms with E-state index >= 15 is 0 Å². The quantitative estimate of drug-likeness (QED) is 0.429. The molecule has 1 heterocycles. The van der Waals surface area contributed by atoms with Crippen molar-refractivity contribution < 1.29 is 19.8 Å². The lowest BCUT2D eigenvalue weighted by atomic mass is 10.0. The first-order chi connectivity index (χ1) is 13.5. The number of nitrogens with zero attached hydrogens (tertiary/aromatic N) is 3. The van der Waals surface area contributed by atoms with E-state index in [2.05, 4.69) is 20.6 Å². The normalized spacial score (nSPS) is 11.8. The maximum Gasteiger partial charge on any atom is 0.333 e. The van der Waals surface area contributed by atoms with Gasteiger partial charge in [-0.15, -0.1) is 0 Å². The van der Waals surface area contributed by atoms with Gasteiger partial charge >= 0.3 is 11.9 Å². The van der Waals surface area contributed by atoms with E-state index < -0.39 is 18.0 Å². The van der Waals surface area contributed by atoms with Gasteiger partial charge in [0.2, 0.25) is 5.82 Å². The predicted molar refractivity (Wildman–Crippen MR) is 99.8 cm³/mol. The van der Waals surface area contributed by atoms with Gasteiger partial charge in [0.05, 0.1) is 13.1 Å². The van der Waals surface area contributed by atoms with Gasteiger partial charge in [-0.25, -0.2) is 15.2 Å². The molecule has 9 nitrogen and oxygen atoms in total. The van der Waals surface area contributed by atoms with Crippen molar-refractivity contribution in [2.24, 2.45) is 0 Å². The zero-order chi connectivity index (χ0) is 19.9. The molecule has 28 heavy (non-hydrogen) atoms. The number of hydrogen-bond acceptors (Lipinski definition) is 6. The Morgan fingerprint density at radius 1 is 1.07 bits per heavy atom. The van der Waals surface area contributed by atoms with E-state index in [1.807, 2.05) is 54.6 Å². The minimum absolute atomic E-state index is 0.00165. The number of carboxylic acids is 1. The van der Waals surface area contributed by atoms with E-state index in [4.69, 9.17) is 5.11 Å². The van der Waals surface area contributed by atoms with Crippen LogP contribution in [0.1, 0.15) is 16.2 Å². The van der Waals surface area contributed by atoms with Crippen molar-refractivity contribution in [2.45, 2.75) is 12.6 Å². The highest BCUT2D eigenvalue weighted by atomic mass is 16.4. The van der Waals surface area contributed by atoms with Crippen LogP contribution in [0.3, 0.4) is 0 Å². The smallest absolute Gasteiger partial charge is 0.333 e. The van der Waals surface area contributed by atoms with Gasteiger partial charge in [-0.1, -0.05) is 54.6 Å². The lowest BCUT2D eigenvalue weighted by molar-refractivity contribution is -0.146. The molecule has 0 spiro atoms. The van der Waals surface area contributed by atoms with Gasteiger partial charge < -0.3 is 10.2 Å². The number of benzene rings is 2. The first kappa shape index (κ1) is 19.2. The molecule has 0 saturated heterocycles. The van der Waals surface area contributed by atoms with Crippen LogP contribution in [-0.2, 0) is 11.3 Å². The molecule has 1 atom stereocenters. The summed E-state index contributed by atoms with van der Waals surface area (Å²) in [5.41, 5.74) is 5.57. The first-order valence-corrected chi connectivity index (χ1v) is 8.50. The predicted octanol–water partition coefficient (Wildman–Crippen LogP) is 1.06. The molecule has 0 aliphatic rings. The molecule has 4 N–H and O–H groups in total. The van der Waals surface area contributed by atoms with Gasteiger partial charge in [-0.2, -0.15) is 5.10 Å². The van der Waals surface area contributed by atoms with Crippen molar-refractivity contribution in [3.8, 4) is 11.1 Å². The maximum absolute atomic E-state index is 12.6. The first-order valence-electron chi connectivity index (χ1n) is 8.50. The number of nitrogens with one attached hydrogen (secondary N) is 2. The highest BCUT2D eigenvalue weighted by Gasteiger charge is 2.21. The van der Waals surface area contributed by atoms with E-state index in [1.165, 1.54) is 11.3 Å². The Kier molecular flexibility index (Phi) is 6.10. The van der Waals surface area contributed by atoms with Crippen LogP contribution >= 0.6 is 0 Å². The molecule has 9 heteroatoms. The molecule has 3 aromatic rings. The van der Waals surface area contributed by atoms with Gasteiger partial charge in [0, 0.05) is 0 Å². The molecule has 0 fully saturated rings. The molecule has 3 rings (SSSR count). The van der Waals surface area contributed by atoms with Crippen molar-refractivity contribution in [1.82, 2.24) is 25.6 Å². The van der Waals surface area contributed by atoms with E-state index in [0.29, 0.717) is 0 Å². The molecular formula is C19H19N5O4. The van der Waals surface area contributed by atoms with Crippen LogP contribution in [0.5, 0.6) is 0 Å². The second-order valence-electron chi connectivity index (χ2n) is 6.00. The highest BCUT2D eigenvalue weighted by molar-refractivity contribution is 5.90. The zero-order valence-corrected chi connectivity index (χ0v) is 14.8. The summed E-state index contributed by atoms with van der Waals surface area (Å²) in [6, 6.07) is 17.5. The van der Waals surface area contributed by atoms with E-state index in [0.717, 1.165) is 16.7 Å². The number of hydrazine groups is 1. The number of H-pyrrole nitrogens is 1. The Balaban J connectivity index is 1.74. The van der Waals surface area contributed by atoms with Crippen molar-refractivity contribution in [1.29, 1.82) is 0 Å². The Morgan fingerprint density at radius 3 is 2.36 bits per heavy atom. The number of aliphatic hydroxyl groups excluding tert-OH is 1. The van der Waals surface area contributed by atoms with Crippen molar-refractivity contribution >= 4 is 11.9 Å². The number of aromatic nitrogens is 3. The molecule has 2 aromatic carbocycles. The molecule has 1 amide bonds. The van der Waals surface area contributed by atoms with E-state index in [9.17, 15) is 14.7 Å². The molecule has 0 aliphatic carbocycles. The summed E-state index contributed by atoms with van der Waals surface area (Å²) in [7, 11) is 0. The number of carbonyl (C=O) groups excluding carboxylic acids is 1. The van der Waals surface area contributed by atoms with E-state index in [1.54, 1.807) is 0 Å². The van der Waals surface area contributed by atoms with Crippen LogP contribution in [0.2, 0.25) is 0 Å². The summed E-state index contributed by atoms with van der Waals surface area (Å²) in [6.07, 6.45) is -0.447. The fourth-order valence-electron chi connectivity index (χ4n) is 2.54. The molecule has 1 unspecified atom stereocenters. The van der Waals surface area contributed by atoms with Crippen molar-refractivity contribution in [3.05, 3.63) is 72.3 Å². The number of aliphatic carboxylic acids is 1. The monoisotopic (exact) mass is 381 g/mol. The number of carbonyl (C=O) groups is 2. The van der Waals surface area contributed by atoms with Gasteiger partial charge in [0.25, 0.3) is 0 Å². The molecule has 0 radical (unpaired) electrons. The lowest BCUT2D eigenvalue weighted by Crippen LogP contribution is -2.47. The average Bonchev–Trinajstić information content (AvgIpc) is 3.26. The summed E-state index contributed by atoms with van der Waals surface area (Å²) < 4.78 is 0. The van der Waals surface area contributed by atoms with Gasteiger partial charge in [-0.3, -0.25) is 14.9 Å². The number of rotatable bonds is 8. The summed E-state index contributed by atoms with van der Waals surface area (Å²) in [5, 5.41) is 25.6. The Hall–Kier alpha value is -3.56. The summed E-state index contributed by atoms with van der Waals surface area (Å²) in [6.45, 7) is -0.196. The number of amides is 1. The fourth-order valence-corrected chi connectivity index (χ4v) is 2.54. The molecular weight excluding hydrogens is 362 g/mol. The number of carboxylic acid groups (broad SMARTS) is 1. The number of hydrogen-bond donors (Lipinski definition) is 4. The van der Waals surface area contributed by atoms with Crippen LogP contribution in [-0.4, -0.2) is 54.9 Å². The molecule has 0 aliphatic heterocycles. The highest BCUT2D eigenvalue weighted by Crippen LogP contribution is 2.19. The summed E-state index contributed by atoms with van der Waals surface area (Å²) in [4.78, 5) is 27.2. The van der Waals surface area contributed by atoms with Gasteiger partial charge in [0.1, 0.15) is 6.33 Å². The van der Waals surface area contributed by atoms with Crippen LogP contribution in [0, 0.1) is 0 Å². The van der Waals surface area contributed by atoms with Crippen molar-refractivity contribution in [2.75, 3.05) is 6.54 Å². The molecule has 0 saturated carbocycles.